The summed E-state index contributed by atoms with van der Waals surface area (Å²) < 4.78 is 0. The zero-order chi connectivity index (χ0) is 9.10. The van der Waals surface area contributed by atoms with Crippen molar-refractivity contribution in [3.8, 4) is 11.8 Å². The Labute approximate surface area is 84.5 Å². The second-order valence-corrected chi connectivity index (χ2v) is 3.13. The Hall–Kier alpha value is -1.27. The molecule has 1 N–H and O–H groups in total. The first kappa shape index (κ1) is 8.33. The van der Waals surface area contributed by atoms with Crippen molar-refractivity contribution in [2.45, 2.75) is 0 Å². The van der Waals surface area contributed by atoms with Gasteiger partial charge in [0.05, 0.1) is 16.4 Å². The number of aromatic amines is 1. The summed E-state index contributed by atoms with van der Waals surface area (Å²) in [5.74, 6) is 5.93. The third-order valence-electron chi connectivity index (χ3n) is 1.70. The molecule has 64 valence electrons. The molecule has 0 aliphatic carbocycles. The topological polar surface area (TPSA) is 28.7 Å². The number of hydrogen-bond acceptors (Lipinski definition) is 1. The van der Waals surface area contributed by atoms with Crippen molar-refractivity contribution in [2.24, 2.45) is 0 Å². The molecule has 0 radical (unpaired) electrons. The van der Waals surface area contributed by atoms with Crippen molar-refractivity contribution in [1.82, 2.24) is 9.97 Å². The van der Waals surface area contributed by atoms with Gasteiger partial charge in [0.1, 0.15) is 0 Å². The van der Waals surface area contributed by atoms with Gasteiger partial charge in [-0.1, -0.05) is 27.8 Å². The number of nitrogens with zero attached hydrogens (tertiary/aromatic N) is 1. The van der Waals surface area contributed by atoms with Crippen molar-refractivity contribution in [1.29, 1.82) is 0 Å². The van der Waals surface area contributed by atoms with Gasteiger partial charge >= 0.3 is 0 Å². The lowest BCUT2D eigenvalue weighted by atomic mass is 10.2. The SMILES string of the molecule is BrCC#Cc1cnc2cc[nH]c2c1. The van der Waals surface area contributed by atoms with E-state index >= 15 is 0 Å². The molecule has 3 heteroatoms. The number of hydrogen-bond donors (Lipinski definition) is 1. The van der Waals surface area contributed by atoms with Gasteiger partial charge < -0.3 is 4.98 Å². The fourth-order valence-electron chi connectivity index (χ4n) is 1.14. The van der Waals surface area contributed by atoms with Crippen LogP contribution >= 0.6 is 15.9 Å². The Morgan fingerprint density at radius 1 is 1.54 bits per heavy atom. The van der Waals surface area contributed by atoms with E-state index in [9.17, 15) is 0 Å². The molecule has 2 heterocycles. The Morgan fingerprint density at radius 3 is 3.31 bits per heavy atom. The molecule has 0 fully saturated rings. The quantitative estimate of drug-likeness (QED) is 0.550. The largest absolute Gasteiger partial charge is 0.360 e. The van der Waals surface area contributed by atoms with Crippen LogP contribution in [0.2, 0.25) is 0 Å². The van der Waals surface area contributed by atoms with Crippen LogP contribution in [0.25, 0.3) is 11.0 Å². The molecular weight excluding hydrogens is 228 g/mol. The van der Waals surface area contributed by atoms with Gasteiger partial charge in [-0.05, 0) is 12.1 Å². The molecule has 0 amide bonds. The summed E-state index contributed by atoms with van der Waals surface area (Å²) >= 11 is 3.25. The Bertz CT molecular complexity index is 476. The molecule has 2 aromatic heterocycles. The maximum absolute atomic E-state index is 4.25. The number of halogens is 1. The van der Waals surface area contributed by atoms with E-state index in [1.807, 2.05) is 18.3 Å². The number of aromatic nitrogens is 2. The highest BCUT2D eigenvalue weighted by atomic mass is 79.9. The van der Waals surface area contributed by atoms with Crippen LogP contribution in [-0.2, 0) is 0 Å². The fourth-order valence-corrected chi connectivity index (χ4v) is 1.28. The Kier molecular flexibility index (Phi) is 2.33. The lowest BCUT2D eigenvalue weighted by Gasteiger charge is -1.90. The van der Waals surface area contributed by atoms with E-state index in [1.165, 1.54) is 0 Å². The van der Waals surface area contributed by atoms with E-state index in [1.54, 1.807) is 6.20 Å². The smallest absolute Gasteiger partial charge is 0.0879 e. The summed E-state index contributed by atoms with van der Waals surface area (Å²) in [5.41, 5.74) is 2.94. The van der Waals surface area contributed by atoms with Gasteiger partial charge in [0.25, 0.3) is 0 Å². The average Bonchev–Trinajstić information content (AvgIpc) is 2.61. The van der Waals surface area contributed by atoms with Crippen LogP contribution in [0.5, 0.6) is 0 Å². The van der Waals surface area contributed by atoms with E-state index in [4.69, 9.17) is 0 Å². The number of alkyl halides is 1. The molecule has 13 heavy (non-hydrogen) atoms. The van der Waals surface area contributed by atoms with Crippen molar-refractivity contribution in [3.63, 3.8) is 0 Å². The molecule has 0 atom stereocenters. The first-order valence-corrected chi connectivity index (χ1v) is 5.00. The van der Waals surface area contributed by atoms with Crippen LogP contribution in [-0.4, -0.2) is 15.3 Å². The van der Waals surface area contributed by atoms with Crippen molar-refractivity contribution in [2.75, 3.05) is 5.33 Å². The monoisotopic (exact) mass is 234 g/mol. The molecular formula is C10H7BrN2. The molecule has 0 saturated carbocycles. The first-order chi connectivity index (χ1) is 6.40. The van der Waals surface area contributed by atoms with Crippen LogP contribution in [0.3, 0.4) is 0 Å². The van der Waals surface area contributed by atoms with Crippen LogP contribution in [0.4, 0.5) is 0 Å². The molecule has 2 rings (SSSR count). The predicted molar refractivity (Wildman–Crippen MR) is 56.8 cm³/mol. The predicted octanol–water partition coefficient (Wildman–Crippen LogP) is 2.31. The van der Waals surface area contributed by atoms with Crippen LogP contribution in [0.15, 0.2) is 24.5 Å². The maximum atomic E-state index is 4.25. The summed E-state index contributed by atoms with van der Waals surface area (Å²) in [6.45, 7) is 0. The number of rotatable bonds is 0. The van der Waals surface area contributed by atoms with Crippen LogP contribution in [0, 0.1) is 11.8 Å². The molecule has 0 aromatic carbocycles. The van der Waals surface area contributed by atoms with E-state index < -0.39 is 0 Å². The van der Waals surface area contributed by atoms with Gasteiger partial charge in [0, 0.05) is 18.0 Å². The lowest BCUT2D eigenvalue weighted by molar-refractivity contribution is 1.39. The summed E-state index contributed by atoms with van der Waals surface area (Å²) in [4.78, 5) is 7.34. The van der Waals surface area contributed by atoms with Crippen molar-refractivity contribution in [3.05, 3.63) is 30.1 Å². The minimum Gasteiger partial charge on any atom is -0.360 e. The first-order valence-electron chi connectivity index (χ1n) is 3.88. The minimum absolute atomic E-state index is 0.690. The average molecular weight is 235 g/mol. The highest BCUT2D eigenvalue weighted by Crippen LogP contribution is 2.09. The molecule has 0 aliphatic rings. The summed E-state index contributed by atoms with van der Waals surface area (Å²) in [6, 6.07) is 3.94. The van der Waals surface area contributed by atoms with Crippen molar-refractivity contribution >= 4 is 27.0 Å². The second kappa shape index (κ2) is 3.63. The lowest BCUT2D eigenvalue weighted by Crippen LogP contribution is -1.79. The molecule has 0 unspecified atom stereocenters. The summed E-state index contributed by atoms with van der Waals surface area (Å²) in [7, 11) is 0. The van der Waals surface area contributed by atoms with E-state index in [2.05, 4.69) is 37.7 Å². The number of H-pyrrole nitrogens is 1. The van der Waals surface area contributed by atoms with Gasteiger partial charge in [0.2, 0.25) is 0 Å². The van der Waals surface area contributed by atoms with Gasteiger partial charge in [-0.25, -0.2) is 0 Å². The minimum atomic E-state index is 0.690. The van der Waals surface area contributed by atoms with Gasteiger partial charge in [0.15, 0.2) is 0 Å². The van der Waals surface area contributed by atoms with Gasteiger partial charge in [-0.3, -0.25) is 4.98 Å². The van der Waals surface area contributed by atoms with Gasteiger partial charge in [-0.15, -0.1) is 0 Å². The fraction of sp³-hybridized carbons (Fsp3) is 0.100. The highest BCUT2D eigenvalue weighted by molar-refractivity contribution is 9.09. The van der Waals surface area contributed by atoms with E-state index in [0.29, 0.717) is 5.33 Å². The van der Waals surface area contributed by atoms with Crippen LogP contribution < -0.4 is 0 Å². The van der Waals surface area contributed by atoms with Crippen molar-refractivity contribution < 1.29 is 0 Å². The highest BCUT2D eigenvalue weighted by Gasteiger charge is 1.94. The standard InChI is InChI=1S/C10H7BrN2/c11-4-1-2-8-6-10-9(13-7-8)3-5-12-10/h3,5-7,12H,4H2. The zero-order valence-corrected chi connectivity index (χ0v) is 8.43. The molecule has 0 saturated heterocycles. The van der Waals surface area contributed by atoms with Gasteiger partial charge in [-0.2, -0.15) is 0 Å². The summed E-state index contributed by atoms with van der Waals surface area (Å²) in [5, 5.41) is 0.690. The maximum Gasteiger partial charge on any atom is 0.0879 e. The third kappa shape index (κ3) is 1.73. The molecule has 0 aliphatic heterocycles. The Morgan fingerprint density at radius 2 is 2.46 bits per heavy atom. The third-order valence-corrected chi connectivity index (χ3v) is 1.98. The molecule has 0 bridgehead atoms. The second-order valence-electron chi connectivity index (χ2n) is 2.57. The number of nitrogens with one attached hydrogen (secondary N) is 1. The number of pyridine rings is 1. The zero-order valence-electron chi connectivity index (χ0n) is 6.84. The van der Waals surface area contributed by atoms with E-state index in [0.717, 1.165) is 16.6 Å². The summed E-state index contributed by atoms with van der Waals surface area (Å²) in [6.07, 6.45) is 3.66. The van der Waals surface area contributed by atoms with Crippen LogP contribution in [0.1, 0.15) is 5.56 Å². The van der Waals surface area contributed by atoms with E-state index in [-0.39, 0.29) is 0 Å². The number of fused-ring (bicyclic) bond motifs is 1. The molecule has 0 spiro atoms. The molecule has 2 aromatic rings. The Balaban J connectivity index is 2.48. The molecule has 2 nitrogen and oxygen atoms in total. The normalized spacial score (nSPS) is 9.62.